The van der Waals surface area contributed by atoms with Crippen LogP contribution in [0.4, 0.5) is 0 Å². The van der Waals surface area contributed by atoms with Gasteiger partial charge in [0.15, 0.2) is 0 Å². The van der Waals surface area contributed by atoms with Crippen LogP contribution in [-0.2, 0) is 25.2 Å². The molecule has 0 spiro atoms. The van der Waals surface area contributed by atoms with Crippen molar-refractivity contribution in [2.45, 2.75) is 93.7 Å². The highest BCUT2D eigenvalue weighted by molar-refractivity contribution is 5.82. The average molecular weight is 513 g/mol. The van der Waals surface area contributed by atoms with E-state index in [4.69, 9.17) is 14.2 Å². The Hall–Kier alpha value is -2.04. The number of allylic oxidation sites excluding steroid dienone is 2. The summed E-state index contributed by atoms with van der Waals surface area (Å²) in [5, 5.41) is 10.8. The summed E-state index contributed by atoms with van der Waals surface area (Å²) in [4.78, 5) is 0. The Labute approximate surface area is 226 Å². The van der Waals surface area contributed by atoms with E-state index in [0.29, 0.717) is 23.5 Å². The molecule has 38 heavy (non-hydrogen) atoms. The molecule has 0 aromatic heterocycles. The molecular weight excluding hydrogens is 472 g/mol. The van der Waals surface area contributed by atoms with Gasteiger partial charge in [-0.2, -0.15) is 0 Å². The lowest BCUT2D eigenvalue weighted by atomic mass is 9.52. The molecule has 4 nitrogen and oxygen atoms in total. The van der Waals surface area contributed by atoms with Crippen LogP contribution in [0.5, 0.6) is 5.75 Å². The van der Waals surface area contributed by atoms with Crippen LogP contribution in [0.1, 0.15) is 88.2 Å². The summed E-state index contributed by atoms with van der Waals surface area (Å²) in [5.74, 6) is 2.83. The number of ether oxygens (including phenoxy) is 3. The van der Waals surface area contributed by atoms with Crippen molar-refractivity contribution in [1.82, 2.24) is 0 Å². The monoisotopic (exact) mass is 512 g/mol. The highest BCUT2D eigenvalue weighted by Gasteiger charge is 2.86. The Morgan fingerprint density at radius 1 is 0.737 bits per heavy atom. The fraction of sp³-hybridized carbons (Fsp3) is 0.647. The second-order valence-corrected chi connectivity index (χ2v) is 13.5. The van der Waals surface area contributed by atoms with Crippen molar-refractivity contribution in [2.24, 2.45) is 23.2 Å². The van der Waals surface area contributed by atoms with Gasteiger partial charge < -0.3 is 19.3 Å². The van der Waals surface area contributed by atoms with Gasteiger partial charge in [-0.25, -0.2) is 0 Å². The smallest absolute Gasteiger partial charge is 0.125 e. The van der Waals surface area contributed by atoms with Crippen LogP contribution in [0.3, 0.4) is 0 Å². The minimum atomic E-state index is -0.491. The van der Waals surface area contributed by atoms with Crippen LogP contribution in [0, 0.1) is 23.2 Å². The lowest BCUT2D eigenvalue weighted by molar-refractivity contribution is -0.0884. The summed E-state index contributed by atoms with van der Waals surface area (Å²) < 4.78 is 20.5. The lowest BCUT2D eigenvalue weighted by Gasteiger charge is -2.50. The molecule has 1 aromatic carbocycles. The molecule has 1 aromatic rings. The maximum atomic E-state index is 10.8. The number of fused-ring (bicyclic) bond motifs is 7. The van der Waals surface area contributed by atoms with Gasteiger partial charge in [0.25, 0.3) is 0 Å². The SMILES string of the molecule is COC1=C2C(=C3CCCC[C@H]31)[C@]13CCCCC1[C@@]2(OC)C1=C3[C@]23CCCCC2[C@@]1(OC)c1ccc(O)cc13. The van der Waals surface area contributed by atoms with Gasteiger partial charge in [0.2, 0.25) is 0 Å². The van der Waals surface area contributed by atoms with E-state index in [1.807, 2.05) is 27.4 Å². The van der Waals surface area contributed by atoms with E-state index >= 15 is 0 Å². The molecule has 0 heterocycles. The highest BCUT2D eigenvalue weighted by atomic mass is 16.5. The fourth-order valence-corrected chi connectivity index (χ4v) is 12.5. The molecule has 1 N–H and O–H groups in total. The first-order chi connectivity index (χ1) is 18.6. The first-order valence-corrected chi connectivity index (χ1v) is 15.3. The lowest BCUT2D eigenvalue weighted by Crippen LogP contribution is -2.51. The van der Waals surface area contributed by atoms with Gasteiger partial charge in [-0.15, -0.1) is 0 Å². The van der Waals surface area contributed by atoms with E-state index in [-0.39, 0.29) is 10.8 Å². The molecule has 7 atom stereocenters. The molecule has 8 aliphatic rings. The van der Waals surface area contributed by atoms with Gasteiger partial charge in [0.05, 0.1) is 7.11 Å². The Bertz CT molecular complexity index is 1400. The zero-order valence-electron chi connectivity index (χ0n) is 23.1. The van der Waals surface area contributed by atoms with Crippen LogP contribution in [0.15, 0.2) is 51.8 Å². The second-order valence-electron chi connectivity index (χ2n) is 13.5. The van der Waals surface area contributed by atoms with Crippen molar-refractivity contribution >= 4 is 0 Å². The Morgan fingerprint density at radius 3 is 2.18 bits per heavy atom. The fourth-order valence-electron chi connectivity index (χ4n) is 12.5. The molecule has 0 amide bonds. The maximum absolute atomic E-state index is 10.8. The number of benzene rings is 1. The molecule has 200 valence electrons. The van der Waals surface area contributed by atoms with Gasteiger partial charge in [0, 0.05) is 53.9 Å². The topological polar surface area (TPSA) is 47.9 Å². The molecule has 2 unspecified atom stereocenters. The third kappa shape index (κ3) is 1.94. The molecule has 0 aliphatic heterocycles. The number of rotatable bonds is 3. The standard InChI is InChI=1S/C34H40O4/c1-36-28-21-11-5-4-10-20(21)26-27(28)34(38-3)25-13-7-9-17-32(25,26)29-30(34)33(37-2)22-15-14-19(35)18-23(22)31(29)16-8-6-12-24(31)33/h14-15,18,21,24-25,35H,4-13,16-17H2,1-3H3/t21-,24?,25?,31+,32+,33+,34+/m1/s1. The van der Waals surface area contributed by atoms with Gasteiger partial charge in [-0.05, 0) is 79.4 Å². The van der Waals surface area contributed by atoms with Gasteiger partial charge >= 0.3 is 0 Å². The number of methoxy groups -OCH3 is 3. The van der Waals surface area contributed by atoms with Crippen molar-refractivity contribution in [3.63, 3.8) is 0 Å². The summed E-state index contributed by atoms with van der Waals surface area (Å²) in [6.45, 7) is 0. The molecular formula is C34H40O4. The summed E-state index contributed by atoms with van der Waals surface area (Å²) in [6, 6.07) is 6.19. The Kier molecular flexibility index (Phi) is 4.18. The minimum Gasteiger partial charge on any atom is -0.508 e. The van der Waals surface area contributed by atoms with Crippen molar-refractivity contribution < 1.29 is 19.3 Å². The third-order valence-electron chi connectivity index (χ3n) is 13.0. The number of aromatic hydroxyl groups is 1. The first kappa shape index (κ1) is 22.7. The molecule has 8 aliphatic carbocycles. The van der Waals surface area contributed by atoms with Crippen molar-refractivity contribution in [3.05, 3.63) is 63.0 Å². The van der Waals surface area contributed by atoms with Crippen molar-refractivity contribution in [3.8, 4) is 5.75 Å². The molecule has 4 bridgehead atoms. The Morgan fingerprint density at radius 2 is 1.45 bits per heavy atom. The van der Waals surface area contributed by atoms with Crippen LogP contribution in [0.25, 0.3) is 0 Å². The van der Waals surface area contributed by atoms with E-state index in [1.54, 1.807) is 16.7 Å². The quantitative estimate of drug-likeness (QED) is 0.444. The average Bonchev–Trinajstić information content (AvgIpc) is 3.66. The van der Waals surface area contributed by atoms with Gasteiger partial charge in [-0.3, -0.25) is 0 Å². The molecule has 4 heteroatoms. The predicted molar refractivity (Wildman–Crippen MR) is 145 cm³/mol. The molecule has 4 saturated carbocycles. The summed E-state index contributed by atoms with van der Waals surface area (Å²) in [6.07, 6.45) is 14.8. The molecule has 4 fully saturated rings. The molecule has 0 saturated heterocycles. The zero-order valence-corrected chi connectivity index (χ0v) is 23.1. The van der Waals surface area contributed by atoms with E-state index in [1.165, 1.54) is 98.7 Å². The summed E-state index contributed by atoms with van der Waals surface area (Å²) in [7, 11) is 5.85. The van der Waals surface area contributed by atoms with E-state index in [9.17, 15) is 5.11 Å². The van der Waals surface area contributed by atoms with Crippen molar-refractivity contribution in [2.75, 3.05) is 21.3 Å². The highest BCUT2D eigenvalue weighted by Crippen LogP contribution is 2.88. The zero-order chi connectivity index (χ0) is 25.7. The van der Waals surface area contributed by atoms with E-state index < -0.39 is 11.2 Å². The predicted octanol–water partition coefficient (Wildman–Crippen LogP) is 6.98. The number of hydrogen-bond acceptors (Lipinski definition) is 4. The van der Waals surface area contributed by atoms with Crippen molar-refractivity contribution in [1.29, 1.82) is 0 Å². The van der Waals surface area contributed by atoms with Crippen LogP contribution >= 0.6 is 0 Å². The van der Waals surface area contributed by atoms with Gasteiger partial charge in [-0.1, -0.05) is 43.7 Å². The number of phenolic OH excluding ortho intramolecular Hbond substituents is 1. The molecule has 0 radical (unpaired) electrons. The normalized spacial score (nSPS) is 45.2. The first-order valence-electron chi connectivity index (χ1n) is 15.3. The number of phenols is 1. The van der Waals surface area contributed by atoms with Crippen LogP contribution in [-0.4, -0.2) is 32.0 Å². The van der Waals surface area contributed by atoms with Crippen LogP contribution < -0.4 is 0 Å². The van der Waals surface area contributed by atoms with E-state index in [2.05, 4.69) is 12.1 Å². The van der Waals surface area contributed by atoms with Crippen LogP contribution in [0.2, 0.25) is 0 Å². The van der Waals surface area contributed by atoms with E-state index in [0.717, 1.165) is 6.42 Å². The largest absolute Gasteiger partial charge is 0.508 e. The minimum absolute atomic E-state index is 0.0170. The maximum Gasteiger partial charge on any atom is 0.125 e. The third-order valence-corrected chi connectivity index (χ3v) is 13.0. The molecule has 9 rings (SSSR count). The second kappa shape index (κ2) is 6.99. The van der Waals surface area contributed by atoms with Gasteiger partial charge in [0.1, 0.15) is 22.7 Å². The summed E-state index contributed by atoms with van der Waals surface area (Å²) >= 11 is 0. The summed E-state index contributed by atoms with van der Waals surface area (Å²) in [5.41, 5.74) is 9.58. The Balaban J connectivity index is 1.46. The number of hydrogen-bond donors (Lipinski definition) is 1.